The Morgan fingerprint density at radius 2 is 1.88 bits per heavy atom. The zero-order chi connectivity index (χ0) is 11.8. The quantitative estimate of drug-likeness (QED) is 0.654. The molecule has 1 aliphatic heterocycles. The van der Waals surface area contributed by atoms with E-state index in [4.69, 9.17) is 5.73 Å². The SMILES string of the molecule is NCC(O)(CN1CCS(=O)(=O)CC1)C1CC1. The van der Waals surface area contributed by atoms with E-state index in [9.17, 15) is 13.5 Å². The summed E-state index contributed by atoms with van der Waals surface area (Å²) in [4.78, 5) is 2.02. The standard InChI is InChI=1S/C10H20N2O3S/c11-7-10(13,9-1-2-9)8-12-3-5-16(14,15)6-4-12/h9,13H,1-8,11H2. The van der Waals surface area contributed by atoms with Gasteiger partial charge in [0, 0.05) is 26.2 Å². The molecule has 0 aromatic rings. The molecule has 1 saturated carbocycles. The highest BCUT2D eigenvalue weighted by atomic mass is 32.2. The third-order valence-electron chi connectivity index (χ3n) is 3.63. The van der Waals surface area contributed by atoms with Crippen LogP contribution < -0.4 is 5.73 Å². The van der Waals surface area contributed by atoms with E-state index in [0.717, 1.165) is 12.8 Å². The van der Waals surface area contributed by atoms with E-state index >= 15 is 0 Å². The number of sulfone groups is 1. The van der Waals surface area contributed by atoms with E-state index in [-0.39, 0.29) is 18.1 Å². The van der Waals surface area contributed by atoms with Crippen molar-refractivity contribution in [1.29, 1.82) is 0 Å². The lowest BCUT2D eigenvalue weighted by Crippen LogP contribution is -2.53. The maximum absolute atomic E-state index is 11.3. The number of hydrogen-bond acceptors (Lipinski definition) is 5. The van der Waals surface area contributed by atoms with Crippen molar-refractivity contribution in [3.05, 3.63) is 0 Å². The first-order chi connectivity index (χ1) is 7.45. The van der Waals surface area contributed by atoms with Crippen molar-refractivity contribution in [1.82, 2.24) is 4.90 Å². The average Bonchev–Trinajstić information content (AvgIpc) is 3.05. The van der Waals surface area contributed by atoms with Gasteiger partial charge in [0.15, 0.2) is 9.84 Å². The molecule has 0 radical (unpaired) electrons. The van der Waals surface area contributed by atoms with Gasteiger partial charge in [0.05, 0.1) is 17.1 Å². The van der Waals surface area contributed by atoms with Crippen molar-refractivity contribution in [3.8, 4) is 0 Å². The summed E-state index contributed by atoms with van der Waals surface area (Å²) in [5, 5.41) is 10.3. The maximum Gasteiger partial charge on any atom is 0.152 e. The summed E-state index contributed by atoms with van der Waals surface area (Å²) in [6, 6.07) is 0. The summed E-state index contributed by atoms with van der Waals surface area (Å²) < 4.78 is 22.5. The minimum absolute atomic E-state index is 0.207. The van der Waals surface area contributed by atoms with Gasteiger partial charge in [0.2, 0.25) is 0 Å². The Morgan fingerprint density at radius 1 is 1.31 bits per heavy atom. The van der Waals surface area contributed by atoms with Crippen LogP contribution in [-0.4, -0.2) is 61.7 Å². The molecule has 5 nitrogen and oxygen atoms in total. The summed E-state index contributed by atoms with van der Waals surface area (Å²) in [6.45, 7) is 1.83. The van der Waals surface area contributed by atoms with Gasteiger partial charge in [-0.15, -0.1) is 0 Å². The summed E-state index contributed by atoms with van der Waals surface area (Å²) >= 11 is 0. The van der Waals surface area contributed by atoms with Gasteiger partial charge in [-0.25, -0.2) is 8.42 Å². The molecule has 1 saturated heterocycles. The van der Waals surface area contributed by atoms with Gasteiger partial charge in [0.25, 0.3) is 0 Å². The number of nitrogens with zero attached hydrogens (tertiary/aromatic N) is 1. The van der Waals surface area contributed by atoms with Gasteiger partial charge in [-0.3, -0.25) is 4.90 Å². The van der Waals surface area contributed by atoms with Crippen molar-refractivity contribution in [2.75, 3.05) is 37.7 Å². The zero-order valence-electron chi connectivity index (χ0n) is 9.43. The molecule has 3 N–H and O–H groups in total. The van der Waals surface area contributed by atoms with E-state index in [1.807, 2.05) is 4.90 Å². The van der Waals surface area contributed by atoms with Crippen molar-refractivity contribution in [2.24, 2.45) is 11.7 Å². The Morgan fingerprint density at radius 3 is 2.31 bits per heavy atom. The first-order valence-electron chi connectivity index (χ1n) is 5.80. The first-order valence-corrected chi connectivity index (χ1v) is 7.62. The second-order valence-corrected chi connectivity index (χ2v) is 7.31. The predicted molar refractivity (Wildman–Crippen MR) is 61.8 cm³/mol. The lowest BCUT2D eigenvalue weighted by atomic mass is 9.97. The first kappa shape index (κ1) is 12.3. The van der Waals surface area contributed by atoms with Crippen molar-refractivity contribution in [2.45, 2.75) is 18.4 Å². The second kappa shape index (κ2) is 4.25. The van der Waals surface area contributed by atoms with E-state index in [1.165, 1.54) is 0 Å². The number of rotatable bonds is 4. The Kier molecular flexibility index (Phi) is 3.27. The number of β-amino-alcohol motifs (C(OH)–C–C–N with tert-alkyl or cyclic N) is 1. The molecule has 1 atom stereocenters. The molecule has 16 heavy (non-hydrogen) atoms. The van der Waals surface area contributed by atoms with Crippen molar-refractivity contribution < 1.29 is 13.5 Å². The number of aliphatic hydroxyl groups is 1. The van der Waals surface area contributed by atoms with Crippen LogP contribution in [-0.2, 0) is 9.84 Å². The molecule has 94 valence electrons. The van der Waals surface area contributed by atoms with Gasteiger partial charge in [-0.1, -0.05) is 0 Å². The summed E-state index contributed by atoms with van der Waals surface area (Å²) in [7, 11) is -2.84. The average molecular weight is 248 g/mol. The molecule has 0 amide bonds. The minimum Gasteiger partial charge on any atom is -0.387 e. The van der Waals surface area contributed by atoms with Crippen LogP contribution in [0.5, 0.6) is 0 Å². The molecule has 1 aliphatic carbocycles. The highest BCUT2D eigenvalue weighted by molar-refractivity contribution is 7.91. The molecule has 6 heteroatoms. The third-order valence-corrected chi connectivity index (χ3v) is 5.23. The molecule has 2 fully saturated rings. The smallest absolute Gasteiger partial charge is 0.152 e. The summed E-state index contributed by atoms with van der Waals surface area (Å²) in [6.07, 6.45) is 2.08. The Hall–Kier alpha value is -0.170. The highest BCUT2D eigenvalue weighted by Gasteiger charge is 2.44. The molecule has 2 aliphatic rings. The van der Waals surface area contributed by atoms with Crippen LogP contribution in [0.3, 0.4) is 0 Å². The Labute approximate surface area is 96.5 Å². The van der Waals surface area contributed by atoms with E-state index in [1.54, 1.807) is 0 Å². The molecular formula is C10H20N2O3S. The summed E-state index contributed by atoms with van der Waals surface area (Å²) in [5.41, 5.74) is 4.82. The molecule has 1 unspecified atom stereocenters. The molecule has 0 aromatic carbocycles. The zero-order valence-corrected chi connectivity index (χ0v) is 10.2. The van der Waals surface area contributed by atoms with Crippen LogP contribution in [0.1, 0.15) is 12.8 Å². The minimum atomic E-state index is -2.84. The highest BCUT2D eigenvalue weighted by Crippen LogP contribution is 2.39. The molecule has 1 heterocycles. The van der Waals surface area contributed by atoms with Gasteiger partial charge in [-0.2, -0.15) is 0 Å². The van der Waals surface area contributed by atoms with Crippen molar-refractivity contribution >= 4 is 9.84 Å². The molecular weight excluding hydrogens is 228 g/mol. The Bertz CT molecular complexity index is 339. The number of hydrogen-bond donors (Lipinski definition) is 2. The molecule has 0 bridgehead atoms. The van der Waals surface area contributed by atoms with Gasteiger partial charge < -0.3 is 10.8 Å². The molecule has 0 aromatic heterocycles. The van der Waals surface area contributed by atoms with Crippen LogP contribution in [0.4, 0.5) is 0 Å². The summed E-state index contributed by atoms with van der Waals surface area (Å²) in [5.74, 6) is 0.729. The molecule has 0 spiro atoms. The van der Waals surface area contributed by atoms with E-state index in [0.29, 0.717) is 25.6 Å². The van der Waals surface area contributed by atoms with Crippen LogP contribution in [0, 0.1) is 5.92 Å². The fourth-order valence-electron chi connectivity index (χ4n) is 2.28. The monoisotopic (exact) mass is 248 g/mol. The van der Waals surface area contributed by atoms with Crippen LogP contribution in [0.2, 0.25) is 0 Å². The van der Waals surface area contributed by atoms with Crippen LogP contribution in [0.25, 0.3) is 0 Å². The lowest BCUT2D eigenvalue weighted by molar-refractivity contribution is -0.00626. The van der Waals surface area contributed by atoms with Gasteiger partial charge in [-0.05, 0) is 18.8 Å². The van der Waals surface area contributed by atoms with Crippen LogP contribution in [0.15, 0.2) is 0 Å². The van der Waals surface area contributed by atoms with Gasteiger partial charge >= 0.3 is 0 Å². The maximum atomic E-state index is 11.3. The number of nitrogens with two attached hydrogens (primary N) is 1. The second-order valence-electron chi connectivity index (χ2n) is 5.01. The fourth-order valence-corrected chi connectivity index (χ4v) is 3.55. The van der Waals surface area contributed by atoms with E-state index in [2.05, 4.69) is 0 Å². The molecule has 2 rings (SSSR count). The van der Waals surface area contributed by atoms with Gasteiger partial charge in [0.1, 0.15) is 0 Å². The largest absolute Gasteiger partial charge is 0.387 e. The lowest BCUT2D eigenvalue weighted by Gasteiger charge is -2.35. The Balaban J connectivity index is 1.90. The predicted octanol–water partition coefficient (Wildman–Crippen LogP) is -1.18. The van der Waals surface area contributed by atoms with Crippen molar-refractivity contribution in [3.63, 3.8) is 0 Å². The third kappa shape index (κ3) is 2.74. The van der Waals surface area contributed by atoms with E-state index < -0.39 is 15.4 Å². The normalized spacial score (nSPS) is 29.9. The topological polar surface area (TPSA) is 83.6 Å². The van der Waals surface area contributed by atoms with Crippen LogP contribution >= 0.6 is 0 Å². The fraction of sp³-hybridized carbons (Fsp3) is 1.00.